The minimum absolute atomic E-state index is 0.167. The first-order valence-corrected chi connectivity index (χ1v) is 8.03. The molecule has 2 aromatic heterocycles. The molecule has 0 bridgehead atoms. The first-order chi connectivity index (χ1) is 12.2. The van der Waals surface area contributed by atoms with Crippen LogP contribution < -0.4 is 14.8 Å². The lowest BCUT2D eigenvalue weighted by Crippen LogP contribution is -2.16. The summed E-state index contributed by atoms with van der Waals surface area (Å²) in [6.07, 6.45) is 2.74. The molecule has 1 N–H and O–H groups in total. The number of ether oxygens (including phenoxy) is 2. The van der Waals surface area contributed by atoms with E-state index in [0.29, 0.717) is 40.6 Å². The number of halogens is 1. The van der Waals surface area contributed by atoms with Gasteiger partial charge in [-0.2, -0.15) is 0 Å². The van der Waals surface area contributed by atoms with E-state index < -0.39 is 5.82 Å². The number of carbonyl (C=O) groups excluding carboxylic acids is 1. The summed E-state index contributed by atoms with van der Waals surface area (Å²) < 4.78 is 25.7. The van der Waals surface area contributed by atoms with E-state index in [9.17, 15) is 9.18 Å². The van der Waals surface area contributed by atoms with Crippen LogP contribution in [0.5, 0.6) is 11.5 Å². The van der Waals surface area contributed by atoms with E-state index in [2.05, 4.69) is 10.3 Å². The Hall–Kier alpha value is -3.09. The van der Waals surface area contributed by atoms with Crippen LogP contribution in [0, 0.1) is 5.82 Å². The summed E-state index contributed by atoms with van der Waals surface area (Å²) in [7, 11) is 0. The minimum atomic E-state index is -0.426. The zero-order valence-corrected chi connectivity index (χ0v) is 13.6. The average molecular weight is 341 g/mol. The van der Waals surface area contributed by atoms with Crippen molar-refractivity contribution in [3.63, 3.8) is 0 Å². The number of imidazole rings is 1. The van der Waals surface area contributed by atoms with Crippen molar-refractivity contribution in [1.29, 1.82) is 0 Å². The number of carbonyl (C=O) groups is 1. The quantitative estimate of drug-likeness (QED) is 0.790. The van der Waals surface area contributed by atoms with E-state index in [0.717, 1.165) is 6.42 Å². The minimum Gasteiger partial charge on any atom is -0.454 e. The molecule has 0 saturated carbocycles. The summed E-state index contributed by atoms with van der Waals surface area (Å²) in [5.74, 6) is 0.447. The zero-order chi connectivity index (χ0) is 17.4. The first-order valence-electron chi connectivity index (χ1n) is 8.03. The number of nitrogens with one attached hydrogen (secondary N) is 1. The normalized spacial score (nSPS) is 12.6. The molecule has 128 valence electrons. The third-order valence-electron chi connectivity index (χ3n) is 3.99. The van der Waals surface area contributed by atoms with Gasteiger partial charge in [0, 0.05) is 18.0 Å². The van der Waals surface area contributed by atoms with Crippen molar-refractivity contribution >= 4 is 17.2 Å². The molecular weight excluding hydrogens is 325 g/mol. The zero-order valence-electron chi connectivity index (χ0n) is 13.6. The van der Waals surface area contributed by atoms with Crippen LogP contribution >= 0.6 is 0 Å². The lowest BCUT2D eigenvalue weighted by atomic mass is 10.2. The number of anilines is 1. The number of fused-ring (bicyclic) bond motifs is 2. The Balaban J connectivity index is 1.71. The Kier molecular flexibility index (Phi) is 3.76. The summed E-state index contributed by atoms with van der Waals surface area (Å²) in [6, 6.07) is 8.06. The summed E-state index contributed by atoms with van der Waals surface area (Å²) >= 11 is 0. The van der Waals surface area contributed by atoms with E-state index in [-0.39, 0.29) is 12.7 Å². The molecule has 3 aromatic rings. The Morgan fingerprint density at radius 1 is 1.28 bits per heavy atom. The monoisotopic (exact) mass is 341 g/mol. The highest BCUT2D eigenvalue weighted by molar-refractivity contribution is 6.04. The molecule has 0 unspecified atom stereocenters. The Morgan fingerprint density at radius 3 is 2.96 bits per heavy atom. The van der Waals surface area contributed by atoms with Crippen LogP contribution in [0.3, 0.4) is 0 Å². The summed E-state index contributed by atoms with van der Waals surface area (Å²) in [4.78, 5) is 17.3. The van der Waals surface area contributed by atoms with Crippen LogP contribution in [0.15, 0.2) is 36.5 Å². The van der Waals surface area contributed by atoms with Gasteiger partial charge in [0.2, 0.25) is 6.79 Å². The number of hydrogen-bond donors (Lipinski definition) is 1. The number of rotatable bonds is 4. The van der Waals surface area contributed by atoms with Crippen molar-refractivity contribution in [3.05, 3.63) is 53.7 Å². The van der Waals surface area contributed by atoms with Gasteiger partial charge in [-0.05, 0) is 30.7 Å². The highest BCUT2D eigenvalue weighted by atomic mass is 19.1. The van der Waals surface area contributed by atoms with E-state index in [4.69, 9.17) is 9.47 Å². The predicted octanol–water partition coefficient (Wildman–Crippen LogP) is 3.41. The van der Waals surface area contributed by atoms with Gasteiger partial charge < -0.3 is 14.8 Å². The number of benzene rings is 1. The Morgan fingerprint density at radius 2 is 2.12 bits per heavy atom. The van der Waals surface area contributed by atoms with E-state index in [1.165, 1.54) is 16.7 Å². The molecule has 0 spiro atoms. The predicted molar refractivity (Wildman–Crippen MR) is 89.7 cm³/mol. The van der Waals surface area contributed by atoms with E-state index in [1.54, 1.807) is 24.3 Å². The molecule has 1 aliphatic heterocycles. The molecule has 6 nitrogen and oxygen atoms in total. The van der Waals surface area contributed by atoms with Crippen molar-refractivity contribution in [1.82, 2.24) is 9.38 Å². The van der Waals surface area contributed by atoms with Crippen LogP contribution in [0.1, 0.15) is 29.5 Å². The van der Waals surface area contributed by atoms with Crippen LogP contribution in [-0.4, -0.2) is 22.1 Å². The molecule has 0 saturated heterocycles. The number of pyridine rings is 1. The van der Waals surface area contributed by atoms with Crippen LogP contribution in [-0.2, 0) is 6.42 Å². The molecule has 25 heavy (non-hydrogen) atoms. The number of hydrogen-bond acceptors (Lipinski definition) is 4. The number of aromatic nitrogens is 2. The number of nitrogens with zero attached hydrogens (tertiary/aromatic N) is 2. The second kappa shape index (κ2) is 6.08. The molecule has 0 aliphatic carbocycles. The summed E-state index contributed by atoms with van der Waals surface area (Å²) in [6.45, 7) is 2.17. The maximum atomic E-state index is 13.6. The molecule has 0 atom stereocenters. The average Bonchev–Trinajstić information content (AvgIpc) is 3.18. The standard InChI is InChI=1S/C18H16FN3O3/c1-2-3-13-17(22-9-11(19)4-7-16(22)21-13)18(23)20-12-5-6-14-15(8-12)25-10-24-14/h4-9H,2-3,10H2,1H3,(H,20,23). The molecule has 0 radical (unpaired) electrons. The van der Waals surface area contributed by atoms with Crippen molar-refractivity contribution in [3.8, 4) is 11.5 Å². The van der Waals surface area contributed by atoms with Crippen LogP contribution in [0.4, 0.5) is 10.1 Å². The fourth-order valence-electron chi connectivity index (χ4n) is 2.88. The fraction of sp³-hybridized carbons (Fsp3) is 0.222. The summed E-state index contributed by atoms with van der Waals surface area (Å²) in [5.41, 5.74) is 2.10. The van der Waals surface area contributed by atoms with E-state index >= 15 is 0 Å². The maximum Gasteiger partial charge on any atom is 0.274 e. The molecule has 1 aliphatic rings. The lowest BCUT2D eigenvalue weighted by molar-refractivity contribution is 0.102. The molecule has 1 amide bonds. The largest absolute Gasteiger partial charge is 0.454 e. The molecular formula is C18H16FN3O3. The number of amides is 1. The smallest absolute Gasteiger partial charge is 0.274 e. The van der Waals surface area contributed by atoms with Crippen molar-refractivity contribution in [2.75, 3.05) is 12.1 Å². The van der Waals surface area contributed by atoms with Crippen molar-refractivity contribution in [2.45, 2.75) is 19.8 Å². The van der Waals surface area contributed by atoms with Gasteiger partial charge in [0.1, 0.15) is 17.2 Å². The van der Waals surface area contributed by atoms with Gasteiger partial charge in [-0.3, -0.25) is 9.20 Å². The van der Waals surface area contributed by atoms with Gasteiger partial charge >= 0.3 is 0 Å². The van der Waals surface area contributed by atoms with Gasteiger partial charge in [0.05, 0.1) is 5.69 Å². The topological polar surface area (TPSA) is 64.9 Å². The fourth-order valence-corrected chi connectivity index (χ4v) is 2.88. The first kappa shape index (κ1) is 15.4. The Labute approximate surface area is 143 Å². The molecule has 4 rings (SSSR count). The van der Waals surface area contributed by atoms with E-state index in [1.807, 2.05) is 6.92 Å². The summed E-state index contributed by atoms with van der Waals surface area (Å²) in [5, 5.41) is 2.83. The third-order valence-corrected chi connectivity index (χ3v) is 3.99. The van der Waals surface area contributed by atoms with Crippen LogP contribution in [0.25, 0.3) is 5.65 Å². The van der Waals surface area contributed by atoms with Crippen molar-refractivity contribution < 1.29 is 18.7 Å². The Bertz CT molecular complexity index is 968. The lowest BCUT2D eigenvalue weighted by Gasteiger charge is -2.08. The SMILES string of the molecule is CCCc1nc2ccc(F)cn2c1C(=O)Nc1ccc2c(c1)OCO2. The van der Waals surface area contributed by atoms with Crippen LogP contribution in [0.2, 0.25) is 0 Å². The highest BCUT2D eigenvalue weighted by Gasteiger charge is 2.20. The van der Waals surface area contributed by atoms with Gasteiger partial charge in [-0.25, -0.2) is 9.37 Å². The van der Waals surface area contributed by atoms with Gasteiger partial charge in [-0.1, -0.05) is 13.3 Å². The third kappa shape index (κ3) is 2.77. The molecule has 0 fully saturated rings. The number of aryl methyl sites for hydroxylation is 1. The molecule has 1 aromatic carbocycles. The maximum absolute atomic E-state index is 13.6. The second-order valence-electron chi connectivity index (χ2n) is 5.75. The highest BCUT2D eigenvalue weighted by Crippen LogP contribution is 2.34. The van der Waals surface area contributed by atoms with Gasteiger partial charge in [0.15, 0.2) is 11.5 Å². The molecule has 7 heteroatoms. The van der Waals surface area contributed by atoms with Gasteiger partial charge in [0.25, 0.3) is 5.91 Å². The van der Waals surface area contributed by atoms with Crippen molar-refractivity contribution in [2.24, 2.45) is 0 Å². The van der Waals surface area contributed by atoms with Gasteiger partial charge in [-0.15, -0.1) is 0 Å². The molecule has 3 heterocycles. The second-order valence-corrected chi connectivity index (χ2v) is 5.75.